The maximum absolute atomic E-state index is 2.55. The molecule has 0 aliphatic heterocycles. The van der Waals surface area contributed by atoms with Crippen molar-refractivity contribution in [2.24, 2.45) is 0 Å². The van der Waals surface area contributed by atoms with Gasteiger partial charge in [0, 0.05) is 22.2 Å². The predicted octanol–water partition coefficient (Wildman–Crippen LogP) is 18.0. The van der Waals surface area contributed by atoms with Gasteiger partial charge in [-0.05, 0) is 130 Å². The second-order valence-corrected chi connectivity index (χ2v) is 19.5. The SMILES string of the molecule is CC1(C)c2ccccc2-c2ccc(N(c3ccc(-c4ccccc4)cc3-c3ccccc3)c3ccccc3-c3cccc4c3-c3ccccc3C43c4ccccc4-c4c3ccc3ccccc43)cc21. The van der Waals surface area contributed by atoms with Crippen molar-refractivity contribution < 1.29 is 0 Å². The number of hydrogen-bond donors (Lipinski definition) is 0. The van der Waals surface area contributed by atoms with Crippen molar-refractivity contribution in [3.63, 3.8) is 0 Å². The molecule has 11 aromatic rings. The summed E-state index contributed by atoms with van der Waals surface area (Å²) in [6.45, 7) is 4.76. The van der Waals surface area contributed by atoms with E-state index in [9.17, 15) is 0 Å². The summed E-state index contributed by atoms with van der Waals surface area (Å²) in [6, 6.07) is 93.2. The highest BCUT2D eigenvalue weighted by Crippen LogP contribution is 2.65. The fraction of sp³-hybridized carbons (Fsp3) is 0.0588. The first kappa shape index (κ1) is 39.6. The first-order valence-corrected chi connectivity index (χ1v) is 24.3. The summed E-state index contributed by atoms with van der Waals surface area (Å²) in [4.78, 5) is 2.55. The van der Waals surface area contributed by atoms with Gasteiger partial charge in [0.1, 0.15) is 0 Å². The van der Waals surface area contributed by atoms with Crippen molar-refractivity contribution in [1.29, 1.82) is 0 Å². The van der Waals surface area contributed by atoms with Gasteiger partial charge in [-0.25, -0.2) is 0 Å². The number of para-hydroxylation sites is 1. The van der Waals surface area contributed by atoms with Gasteiger partial charge in [0.25, 0.3) is 0 Å². The van der Waals surface area contributed by atoms with Gasteiger partial charge in [0.2, 0.25) is 0 Å². The van der Waals surface area contributed by atoms with Gasteiger partial charge in [-0.2, -0.15) is 0 Å². The molecule has 0 fully saturated rings. The Hall–Kier alpha value is -8.52. The molecule has 1 spiro atoms. The van der Waals surface area contributed by atoms with E-state index < -0.39 is 5.41 Å². The quantitative estimate of drug-likeness (QED) is 0.161. The number of rotatable bonds is 6. The first-order chi connectivity index (χ1) is 34.0. The summed E-state index contributed by atoms with van der Waals surface area (Å²) in [5.74, 6) is 0. The van der Waals surface area contributed by atoms with Crippen LogP contribution in [-0.4, -0.2) is 0 Å². The number of benzene rings is 11. The highest BCUT2D eigenvalue weighted by molar-refractivity contribution is 6.08. The molecule has 324 valence electrons. The lowest BCUT2D eigenvalue weighted by Gasteiger charge is -2.32. The Morgan fingerprint density at radius 2 is 0.841 bits per heavy atom. The molecule has 0 bridgehead atoms. The van der Waals surface area contributed by atoms with Crippen LogP contribution in [0.25, 0.3) is 77.5 Å². The van der Waals surface area contributed by atoms with E-state index in [2.05, 4.69) is 267 Å². The van der Waals surface area contributed by atoms with Crippen molar-refractivity contribution >= 4 is 27.8 Å². The molecular formula is C68H47N. The maximum atomic E-state index is 2.55. The van der Waals surface area contributed by atoms with Crippen molar-refractivity contribution in [2.75, 3.05) is 4.90 Å². The molecule has 3 aliphatic rings. The van der Waals surface area contributed by atoms with Crippen LogP contribution in [0.15, 0.2) is 249 Å². The van der Waals surface area contributed by atoms with Crippen LogP contribution in [-0.2, 0) is 10.8 Å². The van der Waals surface area contributed by atoms with Crippen LogP contribution < -0.4 is 4.90 Å². The maximum Gasteiger partial charge on any atom is 0.0725 e. The topological polar surface area (TPSA) is 3.24 Å². The first-order valence-electron chi connectivity index (χ1n) is 24.3. The van der Waals surface area contributed by atoms with Crippen LogP contribution in [0, 0.1) is 0 Å². The number of fused-ring (bicyclic) bond motifs is 15. The van der Waals surface area contributed by atoms with Gasteiger partial charge in [0.15, 0.2) is 0 Å². The summed E-state index contributed by atoms with van der Waals surface area (Å²) in [5, 5.41) is 2.57. The molecule has 0 radical (unpaired) electrons. The normalized spacial score (nSPS) is 15.3. The van der Waals surface area contributed by atoms with Gasteiger partial charge in [-0.15, -0.1) is 0 Å². The fourth-order valence-corrected chi connectivity index (χ4v) is 12.7. The lowest BCUT2D eigenvalue weighted by Crippen LogP contribution is -2.25. The second-order valence-electron chi connectivity index (χ2n) is 19.5. The van der Waals surface area contributed by atoms with E-state index in [1.165, 1.54) is 111 Å². The molecule has 0 saturated heterocycles. The van der Waals surface area contributed by atoms with E-state index in [4.69, 9.17) is 0 Å². The van der Waals surface area contributed by atoms with Crippen molar-refractivity contribution in [1.82, 2.24) is 0 Å². The Morgan fingerprint density at radius 1 is 0.290 bits per heavy atom. The van der Waals surface area contributed by atoms with Gasteiger partial charge in [-0.1, -0.05) is 232 Å². The third-order valence-electron chi connectivity index (χ3n) is 15.7. The van der Waals surface area contributed by atoms with Crippen LogP contribution in [0.4, 0.5) is 17.1 Å². The van der Waals surface area contributed by atoms with Crippen molar-refractivity contribution in [2.45, 2.75) is 24.7 Å². The summed E-state index contributed by atoms with van der Waals surface area (Å²) >= 11 is 0. The predicted molar refractivity (Wildman–Crippen MR) is 289 cm³/mol. The summed E-state index contributed by atoms with van der Waals surface area (Å²) in [7, 11) is 0. The third kappa shape index (κ3) is 5.59. The highest BCUT2D eigenvalue weighted by atomic mass is 15.1. The zero-order valence-corrected chi connectivity index (χ0v) is 38.6. The molecule has 14 rings (SSSR count). The molecule has 1 nitrogen and oxygen atoms in total. The largest absolute Gasteiger partial charge is 0.309 e. The summed E-state index contributed by atoms with van der Waals surface area (Å²) in [6.07, 6.45) is 0. The zero-order chi connectivity index (χ0) is 45.8. The molecule has 1 atom stereocenters. The van der Waals surface area contributed by atoms with Crippen LogP contribution in [0.2, 0.25) is 0 Å². The minimum absolute atomic E-state index is 0.177. The molecule has 0 saturated carbocycles. The molecule has 0 N–H and O–H groups in total. The van der Waals surface area contributed by atoms with Crippen LogP contribution >= 0.6 is 0 Å². The molecule has 0 aromatic heterocycles. The summed E-state index contributed by atoms with van der Waals surface area (Å²) < 4.78 is 0. The lowest BCUT2D eigenvalue weighted by atomic mass is 9.70. The molecule has 3 aliphatic carbocycles. The molecule has 1 unspecified atom stereocenters. The Morgan fingerprint density at radius 3 is 1.61 bits per heavy atom. The van der Waals surface area contributed by atoms with Crippen LogP contribution in [0.5, 0.6) is 0 Å². The van der Waals surface area contributed by atoms with E-state index in [-0.39, 0.29) is 5.41 Å². The van der Waals surface area contributed by atoms with Crippen LogP contribution in [0.3, 0.4) is 0 Å². The Balaban J connectivity index is 1.05. The average molecular weight is 878 g/mol. The molecular weight excluding hydrogens is 831 g/mol. The van der Waals surface area contributed by atoms with Gasteiger partial charge in [0.05, 0.1) is 16.8 Å². The van der Waals surface area contributed by atoms with E-state index in [1.807, 2.05) is 0 Å². The summed E-state index contributed by atoms with van der Waals surface area (Å²) in [5.41, 5.74) is 25.8. The average Bonchev–Trinajstić information content (AvgIpc) is 3.98. The van der Waals surface area contributed by atoms with E-state index in [0.29, 0.717) is 0 Å². The van der Waals surface area contributed by atoms with E-state index >= 15 is 0 Å². The van der Waals surface area contributed by atoms with Gasteiger partial charge < -0.3 is 4.90 Å². The van der Waals surface area contributed by atoms with E-state index in [1.54, 1.807) is 0 Å². The Kier molecular flexibility index (Phi) is 8.61. The Bertz CT molecular complexity index is 3880. The second kappa shape index (κ2) is 15.0. The number of anilines is 3. The smallest absolute Gasteiger partial charge is 0.0725 e. The Labute approximate surface area is 404 Å². The van der Waals surface area contributed by atoms with Gasteiger partial charge >= 0.3 is 0 Å². The third-order valence-corrected chi connectivity index (χ3v) is 15.7. The monoisotopic (exact) mass is 877 g/mol. The lowest BCUT2D eigenvalue weighted by molar-refractivity contribution is 0.660. The van der Waals surface area contributed by atoms with Crippen LogP contribution in [0.1, 0.15) is 47.2 Å². The number of hydrogen-bond acceptors (Lipinski definition) is 1. The minimum atomic E-state index is -0.485. The fourth-order valence-electron chi connectivity index (χ4n) is 12.7. The minimum Gasteiger partial charge on any atom is -0.309 e. The standard InChI is InChI=1S/C68H47N/c1-67(2)57-31-15-11-26-50(57)51-39-38-48(43-62(51)67)69(64-41-37-47(44-20-5-3-6-21-44)42-56(64)45-22-7-4-8-23-45)63-35-18-14-27-52(63)53-30-19-34-60-66(53)55-29-13-17-33-59(55)68(60)58-32-16-12-28-54(58)65-49-25-10-9-24-46(49)36-40-61(65)68/h3-43H,1-2H3. The molecule has 69 heavy (non-hydrogen) atoms. The molecule has 0 heterocycles. The number of nitrogens with zero attached hydrogens (tertiary/aromatic N) is 1. The van der Waals surface area contributed by atoms with E-state index in [0.717, 1.165) is 17.1 Å². The van der Waals surface area contributed by atoms with Crippen molar-refractivity contribution in [3.05, 3.63) is 282 Å². The van der Waals surface area contributed by atoms with Crippen molar-refractivity contribution in [3.8, 4) is 66.8 Å². The molecule has 0 amide bonds. The van der Waals surface area contributed by atoms with Gasteiger partial charge in [-0.3, -0.25) is 0 Å². The highest BCUT2D eigenvalue weighted by Gasteiger charge is 2.52. The zero-order valence-electron chi connectivity index (χ0n) is 38.6. The molecule has 11 aromatic carbocycles. The molecule has 1 heteroatoms.